The molecule has 0 saturated heterocycles. The highest BCUT2D eigenvalue weighted by atomic mass is 16.1. The molecular weight excluding hydrogens is 160 g/mol. The summed E-state index contributed by atoms with van der Waals surface area (Å²) in [5.74, 6) is 0.273. The molecule has 0 N–H and O–H groups in total. The van der Waals surface area contributed by atoms with E-state index in [4.69, 9.17) is 0 Å². The van der Waals surface area contributed by atoms with E-state index in [1.165, 1.54) is 31.3 Å². The Morgan fingerprint density at radius 1 is 1.08 bits per heavy atom. The molecule has 0 aromatic rings. The van der Waals surface area contributed by atoms with Crippen molar-refractivity contribution in [3.8, 4) is 0 Å². The lowest BCUT2D eigenvalue weighted by Crippen LogP contribution is -1.91. The van der Waals surface area contributed by atoms with Crippen LogP contribution >= 0.6 is 0 Å². The maximum absolute atomic E-state index is 10.7. The van der Waals surface area contributed by atoms with Gasteiger partial charge in [0.15, 0.2) is 0 Å². The molecular formula is C12H22O. The van der Waals surface area contributed by atoms with E-state index in [0.29, 0.717) is 6.42 Å². The first-order chi connectivity index (χ1) is 6.16. The molecule has 0 heterocycles. The van der Waals surface area contributed by atoms with Crippen molar-refractivity contribution >= 4 is 5.78 Å². The second kappa shape index (κ2) is 8.03. The van der Waals surface area contributed by atoms with Crippen molar-refractivity contribution in [2.75, 3.05) is 0 Å². The van der Waals surface area contributed by atoms with Gasteiger partial charge in [-0.1, -0.05) is 38.3 Å². The van der Waals surface area contributed by atoms with E-state index in [1.807, 2.05) is 0 Å². The zero-order valence-electron chi connectivity index (χ0n) is 9.07. The van der Waals surface area contributed by atoms with Crippen LogP contribution < -0.4 is 0 Å². The topological polar surface area (TPSA) is 17.1 Å². The maximum Gasteiger partial charge on any atom is 0.130 e. The van der Waals surface area contributed by atoms with E-state index in [1.54, 1.807) is 6.92 Å². The number of ketones is 1. The van der Waals surface area contributed by atoms with Crippen molar-refractivity contribution in [2.45, 2.75) is 58.8 Å². The van der Waals surface area contributed by atoms with E-state index in [0.717, 1.165) is 12.8 Å². The van der Waals surface area contributed by atoms with Crippen molar-refractivity contribution in [1.29, 1.82) is 0 Å². The largest absolute Gasteiger partial charge is 0.300 e. The second-order valence-electron chi connectivity index (χ2n) is 3.76. The number of rotatable bonds is 8. The van der Waals surface area contributed by atoms with Gasteiger partial charge in [0.05, 0.1) is 0 Å². The summed E-state index contributed by atoms with van der Waals surface area (Å²) in [7, 11) is 0. The molecule has 0 aromatic carbocycles. The number of unbranched alkanes of at least 4 members (excludes halogenated alkanes) is 3. The standard InChI is InChI=1S/C12H22O/c1-4-5-6-7-8-11(2)9-10-12(3)13/h2,4-10H2,1,3H3. The van der Waals surface area contributed by atoms with Crippen LogP contribution in [-0.2, 0) is 4.79 Å². The highest BCUT2D eigenvalue weighted by Gasteiger charge is 1.97. The monoisotopic (exact) mass is 182 g/mol. The van der Waals surface area contributed by atoms with Crippen LogP contribution in [0.2, 0.25) is 0 Å². The predicted octanol–water partition coefficient (Wildman–Crippen LogP) is 3.88. The van der Waals surface area contributed by atoms with Crippen LogP contribution in [-0.4, -0.2) is 5.78 Å². The molecule has 0 spiro atoms. The Balaban J connectivity index is 3.25. The van der Waals surface area contributed by atoms with Crippen molar-refractivity contribution in [2.24, 2.45) is 0 Å². The summed E-state index contributed by atoms with van der Waals surface area (Å²) in [5.41, 5.74) is 1.24. The summed E-state index contributed by atoms with van der Waals surface area (Å²) in [6, 6.07) is 0. The van der Waals surface area contributed by atoms with Gasteiger partial charge in [0.25, 0.3) is 0 Å². The van der Waals surface area contributed by atoms with Gasteiger partial charge in [-0.3, -0.25) is 0 Å². The van der Waals surface area contributed by atoms with Crippen LogP contribution in [0.25, 0.3) is 0 Å². The van der Waals surface area contributed by atoms with Crippen molar-refractivity contribution in [3.05, 3.63) is 12.2 Å². The lowest BCUT2D eigenvalue weighted by Gasteiger charge is -2.03. The Hall–Kier alpha value is -0.590. The van der Waals surface area contributed by atoms with E-state index >= 15 is 0 Å². The minimum Gasteiger partial charge on any atom is -0.300 e. The molecule has 0 aliphatic heterocycles. The highest BCUT2D eigenvalue weighted by Crippen LogP contribution is 2.13. The molecule has 0 atom stereocenters. The van der Waals surface area contributed by atoms with Crippen LogP contribution in [0.3, 0.4) is 0 Å². The first-order valence-corrected chi connectivity index (χ1v) is 5.33. The molecule has 0 rings (SSSR count). The van der Waals surface area contributed by atoms with Crippen LogP contribution in [0.15, 0.2) is 12.2 Å². The molecule has 0 saturated carbocycles. The van der Waals surface area contributed by atoms with Gasteiger partial charge >= 0.3 is 0 Å². The first kappa shape index (κ1) is 12.4. The van der Waals surface area contributed by atoms with Crippen LogP contribution in [0.4, 0.5) is 0 Å². The third-order valence-corrected chi connectivity index (χ3v) is 2.21. The van der Waals surface area contributed by atoms with Crippen LogP contribution in [0.1, 0.15) is 58.8 Å². The van der Waals surface area contributed by atoms with Crippen molar-refractivity contribution < 1.29 is 4.79 Å². The average Bonchev–Trinajstić information content (AvgIpc) is 2.09. The summed E-state index contributed by atoms with van der Waals surface area (Å²) in [4.78, 5) is 10.7. The fraction of sp³-hybridized carbons (Fsp3) is 0.750. The van der Waals surface area contributed by atoms with E-state index in [-0.39, 0.29) is 5.78 Å². The summed E-state index contributed by atoms with van der Waals surface area (Å²) in [5, 5.41) is 0. The third kappa shape index (κ3) is 9.32. The minimum atomic E-state index is 0.273. The van der Waals surface area contributed by atoms with E-state index in [2.05, 4.69) is 13.5 Å². The summed E-state index contributed by atoms with van der Waals surface area (Å²) < 4.78 is 0. The molecule has 0 amide bonds. The minimum absolute atomic E-state index is 0.273. The van der Waals surface area contributed by atoms with E-state index < -0.39 is 0 Å². The molecule has 0 aliphatic carbocycles. The second-order valence-corrected chi connectivity index (χ2v) is 3.76. The number of carbonyl (C=O) groups is 1. The Kier molecular flexibility index (Phi) is 7.66. The molecule has 1 heteroatoms. The van der Waals surface area contributed by atoms with Crippen molar-refractivity contribution in [3.63, 3.8) is 0 Å². The molecule has 0 aromatic heterocycles. The summed E-state index contributed by atoms with van der Waals surface area (Å²) in [6.07, 6.45) is 7.81. The van der Waals surface area contributed by atoms with Gasteiger partial charge < -0.3 is 4.79 Å². The van der Waals surface area contributed by atoms with Crippen LogP contribution in [0, 0.1) is 0 Å². The zero-order valence-corrected chi connectivity index (χ0v) is 9.07. The van der Waals surface area contributed by atoms with Crippen molar-refractivity contribution in [1.82, 2.24) is 0 Å². The number of hydrogen-bond acceptors (Lipinski definition) is 1. The fourth-order valence-corrected chi connectivity index (χ4v) is 1.28. The SMILES string of the molecule is C=C(CCCCCC)CCC(C)=O. The molecule has 76 valence electrons. The predicted molar refractivity (Wildman–Crippen MR) is 57.8 cm³/mol. The Labute approximate surface area is 82.2 Å². The van der Waals surface area contributed by atoms with Gasteiger partial charge in [0.2, 0.25) is 0 Å². The van der Waals surface area contributed by atoms with E-state index in [9.17, 15) is 4.79 Å². The van der Waals surface area contributed by atoms with Gasteiger partial charge in [-0.25, -0.2) is 0 Å². The number of hydrogen-bond donors (Lipinski definition) is 0. The Morgan fingerprint density at radius 3 is 2.31 bits per heavy atom. The molecule has 0 fully saturated rings. The smallest absolute Gasteiger partial charge is 0.130 e. The molecule has 13 heavy (non-hydrogen) atoms. The number of Topliss-reactive ketones (excluding diaryl/α,β-unsaturated/α-hetero) is 1. The third-order valence-electron chi connectivity index (χ3n) is 2.21. The van der Waals surface area contributed by atoms with Gasteiger partial charge in [-0.2, -0.15) is 0 Å². The molecule has 0 radical (unpaired) electrons. The zero-order chi connectivity index (χ0) is 10.1. The molecule has 0 bridgehead atoms. The van der Waals surface area contributed by atoms with Gasteiger partial charge in [-0.15, -0.1) is 0 Å². The molecule has 0 unspecified atom stereocenters. The van der Waals surface area contributed by atoms with Gasteiger partial charge in [0, 0.05) is 6.42 Å². The Bertz CT molecular complexity index is 159. The number of allylic oxidation sites excluding steroid dienone is 1. The quantitative estimate of drug-likeness (QED) is 0.411. The number of carbonyl (C=O) groups excluding carboxylic acids is 1. The fourth-order valence-electron chi connectivity index (χ4n) is 1.28. The lowest BCUT2D eigenvalue weighted by atomic mass is 10.0. The Morgan fingerprint density at radius 2 is 1.77 bits per heavy atom. The van der Waals surface area contributed by atoms with Gasteiger partial charge in [-0.05, 0) is 26.2 Å². The summed E-state index contributed by atoms with van der Waals surface area (Å²) >= 11 is 0. The maximum atomic E-state index is 10.7. The first-order valence-electron chi connectivity index (χ1n) is 5.33. The summed E-state index contributed by atoms with van der Waals surface area (Å²) in [6.45, 7) is 7.83. The highest BCUT2D eigenvalue weighted by molar-refractivity contribution is 5.75. The average molecular weight is 182 g/mol. The van der Waals surface area contributed by atoms with Crippen LogP contribution in [0.5, 0.6) is 0 Å². The molecule has 0 aliphatic rings. The lowest BCUT2D eigenvalue weighted by molar-refractivity contribution is -0.116. The van der Waals surface area contributed by atoms with Gasteiger partial charge in [0.1, 0.15) is 5.78 Å². The normalized spacial score (nSPS) is 10.0. The molecule has 1 nitrogen and oxygen atoms in total.